The van der Waals surface area contributed by atoms with E-state index in [9.17, 15) is 4.79 Å². The van der Waals surface area contributed by atoms with Gasteiger partial charge >= 0.3 is 0 Å². The van der Waals surface area contributed by atoms with Gasteiger partial charge in [-0.1, -0.05) is 35.3 Å². The van der Waals surface area contributed by atoms with Crippen LogP contribution in [0.15, 0.2) is 41.2 Å². The number of anilines is 1. The number of piperazine rings is 1. The van der Waals surface area contributed by atoms with E-state index in [0.717, 1.165) is 73.5 Å². The Morgan fingerprint density at radius 1 is 1.06 bits per heavy atom. The summed E-state index contributed by atoms with van der Waals surface area (Å²) in [7, 11) is 0. The maximum atomic E-state index is 12.0. The van der Waals surface area contributed by atoms with Gasteiger partial charge in [-0.2, -0.15) is 0 Å². The number of H-pyrrole nitrogens is 1. The average Bonchev–Trinajstić information content (AvgIpc) is 2.79. The van der Waals surface area contributed by atoms with Gasteiger partial charge in [-0.25, -0.2) is 4.98 Å². The number of fused-ring (bicyclic) bond motifs is 1. The quantitative estimate of drug-likeness (QED) is 0.485. The Kier molecular flexibility index (Phi) is 7.19. The van der Waals surface area contributed by atoms with E-state index in [1.165, 1.54) is 0 Å². The first-order valence-corrected chi connectivity index (χ1v) is 11.8. The lowest BCUT2D eigenvalue weighted by molar-refractivity contribution is 0.255. The highest BCUT2D eigenvalue weighted by Gasteiger charge is 2.19. The summed E-state index contributed by atoms with van der Waals surface area (Å²) in [5.41, 5.74) is 4.21. The van der Waals surface area contributed by atoms with Gasteiger partial charge in [0, 0.05) is 37.1 Å². The third-order valence-corrected chi connectivity index (χ3v) is 7.04. The Morgan fingerprint density at radius 2 is 1.84 bits per heavy atom. The monoisotopic (exact) mass is 470 g/mol. The van der Waals surface area contributed by atoms with Crippen LogP contribution in [0.25, 0.3) is 17.1 Å². The highest BCUT2D eigenvalue weighted by atomic mass is 35.5. The molecule has 0 saturated carbocycles. The van der Waals surface area contributed by atoms with Crippen LogP contribution in [-0.2, 0) is 0 Å². The molecule has 1 aliphatic rings. The Bertz CT molecular complexity index is 1200. The van der Waals surface area contributed by atoms with Gasteiger partial charge in [-0.3, -0.25) is 9.69 Å². The molecule has 168 valence electrons. The first kappa shape index (κ1) is 22.8. The number of halogens is 2. The molecule has 0 amide bonds. The second kappa shape index (κ2) is 10.1. The number of rotatable bonds is 6. The van der Waals surface area contributed by atoms with Crippen LogP contribution in [0.1, 0.15) is 29.7 Å². The predicted molar refractivity (Wildman–Crippen MR) is 135 cm³/mol. The number of benzene rings is 1. The van der Waals surface area contributed by atoms with Crippen molar-refractivity contribution in [3.05, 3.63) is 73.6 Å². The van der Waals surface area contributed by atoms with Crippen LogP contribution in [0, 0.1) is 13.8 Å². The molecular formula is C25H28Cl2N4O. The number of nitrogens with one attached hydrogen (secondary N) is 1. The lowest BCUT2D eigenvalue weighted by atomic mass is 10.1. The number of unbranched alkanes of at least 4 members (excludes halogenated alkanes) is 1. The average molecular weight is 471 g/mol. The Hall–Kier alpha value is -2.34. The number of aryl methyl sites for hydroxylation is 1. The molecule has 0 unspecified atom stereocenters. The molecule has 0 aliphatic carbocycles. The van der Waals surface area contributed by atoms with E-state index in [0.29, 0.717) is 15.7 Å². The fourth-order valence-electron chi connectivity index (χ4n) is 4.12. The van der Waals surface area contributed by atoms with Gasteiger partial charge in [0.2, 0.25) is 0 Å². The van der Waals surface area contributed by atoms with Gasteiger partial charge in [0.05, 0.1) is 21.4 Å². The molecule has 0 bridgehead atoms. The third-order valence-electron chi connectivity index (χ3n) is 6.23. The van der Waals surface area contributed by atoms with Crippen molar-refractivity contribution < 1.29 is 0 Å². The van der Waals surface area contributed by atoms with Crippen LogP contribution in [-0.4, -0.2) is 47.6 Å². The number of hydrogen-bond donors (Lipinski definition) is 1. The predicted octanol–water partition coefficient (Wildman–Crippen LogP) is 5.46. The summed E-state index contributed by atoms with van der Waals surface area (Å²) >= 11 is 12.5. The lowest BCUT2D eigenvalue weighted by Gasteiger charge is -2.36. The van der Waals surface area contributed by atoms with Crippen LogP contribution in [0.4, 0.5) is 5.69 Å². The van der Waals surface area contributed by atoms with Gasteiger partial charge in [0.1, 0.15) is 5.65 Å². The van der Waals surface area contributed by atoms with Crippen LogP contribution in [0.3, 0.4) is 0 Å². The molecular weight excluding hydrogens is 443 g/mol. The largest absolute Gasteiger partial charge is 0.368 e. The minimum atomic E-state index is -0.0682. The topological polar surface area (TPSA) is 52.2 Å². The van der Waals surface area contributed by atoms with E-state index in [-0.39, 0.29) is 5.56 Å². The third kappa shape index (κ3) is 5.01. The number of pyridine rings is 2. The summed E-state index contributed by atoms with van der Waals surface area (Å²) in [6, 6.07) is 9.85. The zero-order valence-electron chi connectivity index (χ0n) is 18.5. The minimum Gasteiger partial charge on any atom is -0.368 e. The van der Waals surface area contributed by atoms with Crippen LogP contribution in [0.2, 0.25) is 10.0 Å². The van der Waals surface area contributed by atoms with Crippen molar-refractivity contribution in [3.63, 3.8) is 0 Å². The highest BCUT2D eigenvalue weighted by Crippen LogP contribution is 2.32. The molecule has 5 nitrogen and oxygen atoms in total. The summed E-state index contributed by atoms with van der Waals surface area (Å²) in [4.78, 5) is 24.3. The van der Waals surface area contributed by atoms with E-state index in [1.54, 1.807) is 0 Å². The number of hydrogen-bond acceptors (Lipinski definition) is 4. The summed E-state index contributed by atoms with van der Waals surface area (Å²) in [5, 5.41) is 2.25. The molecule has 1 N–H and O–H groups in total. The van der Waals surface area contributed by atoms with E-state index < -0.39 is 0 Å². The fraction of sp³-hybridized carbons (Fsp3) is 0.360. The van der Waals surface area contributed by atoms with Crippen LogP contribution in [0.5, 0.6) is 0 Å². The Balaban J connectivity index is 1.26. The number of aromatic amines is 1. The first-order valence-electron chi connectivity index (χ1n) is 11.0. The second-order valence-electron chi connectivity index (χ2n) is 8.28. The smallest absolute Gasteiger partial charge is 0.252 e. The Labute approximate surface area is 198 Å². The van der Waals surface area contributed by atoms with E-state index >= 15 is 0 Å². The second-order valence-corrected chi connectivity index (χ2v) is 9.07. The Morgan fingerprint density at radius 3 is 2.62 bits per heavy atom. The van der Waals surface area contributed by atoms with Gasteiger partial charge < -0.3 is 9.88 Å². The molecule has 32 heavy (non-hydrogen) atoms. The van der Waals surface area contributed by atoms with Crippen molar-refractivity contribution in [1.82, 2.24) is 14.9 Å². The van der Waals surface area contributed by atoms with Gasteiger partial charge in [-0.05, 0) is 69.1 Å². The van der Waals surface area contributed by atoms with Gasteiger partial charge in [0.25, 0.3) is 5.56 Å². The maximum absolute atomic E-state index is 12.0. The maximum Gasteiger partial charge on any atom is 0.252 e. The molecule has 1 saturated heterocycles. The molecule has 7 heteroatoms. The normalized spacial score (nSPS) is 15.2. The van der Waals surface area contributed by atoms with Crippen molar-refractivity contribution in [1.29, 1.82) is 0 Å². The van der Waals surface area contributed by atoms with E-state index in [2.05, 4.69) is 25.8 Å². The van der Waals surface area contributed by atoms with E-state index in [1.807, 2.05) is 50.3 Å². The molecule has 3 heterocycles. The molecule has 0 radical (unpaired) electrons. The summed E-state index contributed by atoms with van der Waals surface area (Å²) < 4.78 is 0. The zero-order valence-corrected chi connectivity index (χ0v) is 20.0. The van der Waals surface area contributed by atoms with Crippen LogP contribution >= 0.6 is 23.2 Å². The molecule has 3 aromatic rings. The van der Waals surface area contributed by atoms with Crippen LogP contribution < -0.4 is 10.5 Å². The van der Waals surface area contributed by atoms with Gasteiger partial charge in [-0.15, -0.1) is 0 Å². The summed E-state index contributed by atoms with van der Waals surface area (Å²) in [6.45, 7) is 8.82. The standard InChI is InChI=1S/C25H28Cl2N4O/c1-17-18(2)25(32)29-24-20(17)11-10-19(28-24)7-4-3-5-12-30-13-15-31(16-14-30)22-9-6-8-21(26)23(22)27/h4,6-11H,3,5,12-16H2,1-2H3,(H,28,29,32)/b7-4+. The van der Waals surface area contributed by atoms with E-state index in [4.69, 9.17) is 23.2 Å². The van der Waals surface area contributed by atoms with Gasteiger partial charge in [0.15, 0.2) is 0 Å². The number of aromatic nitrogens is 2. The van der Waals surface area contributed by atoms with Crippen molar-refractivity contribution in [2.45, 2.75) is 26.7 Å². The zero-order chi connectivity index (χ0) is 22.7. The molecule has 1 aromatic carbocycles. The molecule has 0 atom stereocenters. The highest BCUT2D eigenvalue weighted by molar-refractivity contribution is 6.43. The van der Waals surface area contributed by atoms with Crippen molar-refractivity contribution in [2.24, 2.45) is 0 Å². The first-order chi connectivity index (χ1) is 15.4. The molecule has 1 aliphatic heterocycles. The molecule has 1 fully saturated rings. The summed E-state index contributed by atoms with van der Waals surface area (Å²) in [5.74, 6) is 0. The number of nitrogens with zero attached hydrogens (tertiary/aromatic N) is 3. The lowest BCUT2D eigenvalue weighted by Crippen LogP contribution is -2.46. The number of allylic oxidation sites excluding steroid dienone is 1. The van der Waals surface area contributed by atoms with Crippen molar-refractivity contribution in [2.75, 3.05) is 37.6 Å². The van der Waals surface area contributed by atoms with Crippen molar-refractivity contribution >= 4 is 46.0 Å². The molecule has 4 rings (SSSR count). The molecule has 2 aromatic heterocycles. The fourth-order valence-corrected chi connectivity index (χ4v) is 4.54. The molecule has 0 spiro atoms. The SMILES string of the molecule is Cc1c(C)c2ccc(/C=C/CCCN3CCN(c4cccc(Cl)c4Cl)CC3)nc2[nH]c1=O. The van der Waals surface area contributed by atoms with Crippen molar-refractivity contribution in [3.8, 4) is 0 Å². The summed E-state index contributed by atoms with van der Waals surface area (Å²) in [6.07, 6.45) is 6.28. The minimum absolute atomic E-state index is 0.0682.